The lowest BCUT2D eigenvalue weighted by molar-refractivity contribution is -0.136. The smallest absolute Gasteiger partial charge is 0.305 e. The number of carbonyl (C=O) groups excluding carboxylic acids is 1. The van der Waals surface area contributed by atoms with E-state index in [0.717, 1.165) is 47.5 Å². The lowest BCUT2D eigenvalue weighted by atomic mass is 10.2. The van der Waals surface area contributed by atoms with Gasteiger partial charge in [-0.05, 0) is 25.3 Å². The highest BCUT2D eigenvalue weighted by atomic mass is 32.1. The van der Waals surface area contributed by atoms with E-state index in [1.165, 1.54) is 17.7 Å². The zero-order valence-electron chi connectivity index (χ0n) is 12.8. The van der Waals surface area contributed by atoms with Crippen LogP contribution >= 0.6 is 11.3 Å². The number of hydrogen-bond donors (Lipinski definition) is 2. The first kappa shape index (κ1) is 15.7. The van der Waals surface area contributed by atoms with Gasteiger partial charge in [0.2, 0.25) is 0 Å². The molecule has 0 atom stereocenters. The molecule has 122 valence electrons. The van der Waals surface area contributed by atoms with E-state index in [1.807, 2.05) is 6.92 Å². The molecule has 0 aliphatic carbocycles. The van der Waals surface area contributed by atoms with Crippen molar-refractivity contribution in [3.8, 4) is 0 Å². The van der Waals surface area contributed by atoms with Crippen LogP contribution in [-0.4, -0.2) is 46.6 Å². The van der Waals surface area contributed by atoms with Gasteiger partial charge in [-0.3, -0.25) is 9.59 Å². The second kappa shape index (κ2) is 6.49. The minimum atomic E-state index is -0.930. The largest absolute Gasteiger partial charge is 0.481 e. The van der Waals surface area contributed by atoms with Crippen molar-refractivity contribution in [1.82, 2.24) is 15.3 Å². The van der Waals surface area contributed by atoms with Crippen LogP contribution in [0.4, 0.5) is 5.82 Å². The molecule has 0 unspecified atom stereocenters. The van der Waals surface area contributed by atoms with Crippen LogP contribution in [0.25, 0.3) is 10.2 Å². The van der Waals surface area contributed by atoms with E-state index in [-0.39, 0.29) is 18.9 Å². The summed E-state index contributed by atoms with van der Waals surface area (Å²) in [7, 11) is 0. The standard InChI is InChI=1S/C15H18N4O3S/c1-9-11-13(19-6-2-3-7-19)17-8-18-15(11)23-12(9)14(22)16-5-4-10(20)21/h8H,2-7H2,1H3,(H,16,22)(H,20,21). The molecule has 1 amide bonds. The van der Waals surface area contributed by atoms with Crippen molar-refractivity contribution in [3.05, 3.63) is 16.8 Å². The molecule has 1 aliphatic rings. The topological polar surface area (TPSA) is 95.4 Å². The number of nitrogens with one attached hydrogen (secondary N) is 1. The third-order valence-corrected chi connectivity index (χ3v) is 5.14. The Balaban J connectivity index is 1.90. The van der Waals surface area contributed by atoms with Crippen molar-refractivity contribution in [1.29, 1.82) is 0 Å². The van der Waals surface area contributed by atoms with E-state index in [4.69, 9.17) is 5.11 Å². The van der Waals surface area contributed by atoms with Crippen molar-refractivity contribution in [2.45, 2.75) is 26.2 Å². The molecule has 3 rings (SSSR count). The molecule has 1 aliphatic heterocycles. The molecule has 0 saturated carbocycles. The molecule has 1 fully saturated rings. The number of thiophene rings is 1. The summed E-state index contributed by atoms with van der Waals surface area (Å²) in [6.45, 7) is 3.96. The Bertz CT molecular complexity index is 753. The average Bonchev–Trinajstić information content (AvgIpc) is 3.15. The van der Waals surface area contributed by atoms with E-state index >= 15 is 0 Å². The Hall–Kier alpha value is -2.22. The predicted octanol–water partition coefficient (Wildman–Crippen LogP) is 1.80. The normalized spacial score (nSPS) is 14.4. The fourth-order valence-electron chi connectivity index (χ4n) is 2.80. The van der Waals surface area contributed by atoms with Gasteiger partial charge in [0.25, 0.3) is 5.91 Å². The SMILES string of the molecule is Cc1c(C(=O)NCCC(=O)O)sc2ncnc(N3CCCC3)c12. The number of aryl methyl sites for hydroxylation is 1. The summed E-state index contributed by atoms with van der Waals surface area (Å²) >= 11 is 1.33. The Kier molecular flexibility index (Phi) is 4.42. The molecular weight excluding hydrogens is 316 g/mol. The highest BCUT2D eigenvalue weighted by Crippen LogP contribution is 2.35. The third-order valence-electron chi connectivity index (χ3n) is 3.94. The van der Waals surface area contributed by atoms with Crippen LogP contribution in [0.15, 0.2) is 6.33 Å². The number of amides is 1. The highest BCUT2D eigenvalue weighted by molar-refractivity contribution is 7.20. The Morgan fingerprint density at radius 2 is 2.09 bits per heavy atom. The summed E-state index contributed by atoms with van der Waals surface area (Å²) in [5.74, 6) is -0.287. The van der Waals surface area contributed by atoms with Crippen molar-refractivity contribution >= 4 is 39.2 Å². The first-order chi connectivity index (χ1) is 11.1. The number of hydrogen-bond acceptors (Lipinski definition) is 6. The van der Waals surface area contributed by atoms with E-state index in [2.05, 4.69) is 20.2 Å². The second-order valence-electron chi connectivity index (χ2n) is 5.53. The van der Waals surface area contributed by atoms with Gasteiger partial charge >= 0.3 is 5.97 Å². The van der Waals surface area contributed by atoms with Crippen molar-refractivity contribution < 1.29 is 14.7 Å². The summed E-state index contributed by atoms with van der Waals surface area (Å²) < 4.78 is 0. The number of nitrogens with zero attached hydrogens (tertiary/aromatic N) is 3. The molecule has 3 heterocycles. The second-order valence-corrected chi connectivity index (χ2v) is 6.53. The molecule has 2 aromatic rings. The van der Waals surface area contributed by atoms with Gasteiger partial charge in [-0.25, -0.2) is 9.97 Å². The molecule has 23 heavy (non-hydrogen) atoms. The fraction of sp³-hybridized carbons (Fsp3) is 0.467. The van der Waals surface area contributed by atoms with Gasteiger partial charge in [0.15, 0.2) is 0 Å². The minimum absolute atomic E-state index is 0.0888. The molecule has 0 spiro atoms. The zero-order valence-corrected chi connectivity index (χ0v) is 13.7. The first-order valence-corrected chi connectivity index (χ1v) is 8.38. The monoisotopic (exact) mass is 334 g/mol. The maximum Gasteiger partial charge on any atom is 0.305 e. The van der Waals surface area contributed by atoms with Crippen LogP contribution in [0, 0.1) is 6.92 Å². The number of rotatable bonds is 5. The fourth-order valence-corrected chi connectivity index (χ4v) is 3.86. The molecule has 2 aromatic heterocycles. The summed E-state index contributed by atoms with van der Waals surface area (Å²) in [6.07, 6.45) is 3.75. The van der Waals surface area contributed by atoms with Crippen LogP contribution in [0.5, 0.6) is 0 Å². The number of carboxylic acids is 1. The van der Waals surface area contributed by atoms with E-state index in [1.54, 1.807) is 0 Å². The van der Waals surface area contributed by atoms with Gasteiger partial charge < -0.3 is 15.3 Å². The number of fused-ring (bicyclic) bond motifs is 1. The average molecular weight is 334 g/mol. The molecule has 0 radical (unpaired) electrons. The van der Waals surface area contributed by atoms with Crippen LogP contribution < -0.4 is 10.2 Å². The third kappa shape index (κ3) is 3.12. The van der Waals surface area contributed by atoms with Gasteiger partial charge in [-0.1, -0.05) is 0 Å². The quantitative estimate of drug-likeness (QED) is 0.866. The van der Waals surface area contributed by atoms with Crippen LogP contribution in [0.1, 0.15) is 34.5 Å². The first-order valence-electron chi connectivity index (χ1n) is 7.57. The lowest BCUT2D eigenvalue weighted by Gasteiger charge is -2.17. The molecular formula is C15H18N4O3S. The van der Waals surface area contributed by atoms with E-state index in [9.17, 15) is 9.59 Å². The molecule has 1 saturated heterocycles. The zero-order chi connectivity index (χ0) is 16.4. The molecule has 0 bridgehead atoms. The minimum Gasteiger partial charge on any atom is -0.481 e. The number of aromatic nitrogens is 2. The van der Waals surface area contributed by atoms with E-state index in [0.29, 0.717) is 4.88 Å². The Morgan fingerprint density at radius 1 is 1.35 bits per heavy atom. The molecule has 2 N–H and O–H groups in total. The van der Waals surface area contributed by atoms with Crippen molar-refractivity contribution in [2.75, 3.05) is 24.5 Å². The van der Waals surface area contributed by atoms with Gasteiger partial charge in [0.1, 0.15) is 17.0 Å². The number of carbonyl (C=O) groups is 2. The molecule has 7 nitrogen and oxygen atoms in total. The maximum atomic E-state index is 12.3. The summed E-state index contributed by atoms with van der Waals surface area (Å²) in [5, 5.41) is 12.2. The van der Waals surface area contributed by atoms with Crippen molar-refractivity contribution in [3.63, 3.8) is 0 Å². The number of aliphatic carboxylic acids is 1. The number of carboxylic acid groups (broad SMARTS) is 1. The van der Waals surface area contributed by atoms with Gasteiger partial charge in [-0.15, -0.1) is 11.3 Å². The van der Waals surface area contributed by atoms with Crippen LogP contribution in [0.2, 0.25) is 0 Å². The van der Waals surface area contributed by atoms with Gasteiger partial charge in [0, 0.05) is 19.6 Å². The molecule has 8 heteroatoms. The summed E-state index contributed by atoms with van der Waals surface area (Å²) in [6, 6.07) is 0. The Morgan fingerprint density at radius 3 is 2.78 bits per heavy atom. The van der Waals surface area contributed by atoms with Crippen molar-refractivity contribution in [2.24, 2.45) is 0 Å². The van der Waals surface area contributed by atoms with Crippen LogP contribution in [0.3, 0.4) is 0 Å². The number of anilines is 1. The van der Waals surface area contributed by atoms with Crippen LogP contribution in [-0.2, 0) is 4.79 Å². The maximum absolute atomic E-state index is 12.3. The predicted molar refractivity (Wildman–Crippen MR) is 88.2 cm³/mol. The summed E-state index contributed by atoms with van der Waals surface area (Å²) in [4.78, 5) is 35.2. The molecule has 0 aromatic carbocycles. The lowest BCUT2D eigenvalue weighted by Crippen LogP contribution is -2.25. The Labute approximate surface area is 137 Å². The van der Waals surface area contributed by atoms with Gasteiger partial charge in [0.05, 0.1) is 16.7 Å². The van der Waals surface area contributed by atoms with Gasteiger partial charge in [-0.2, -0.15) is 0 Å². The summed E-state index contributed by atoms with van der Waals surface area (Å²) in [5.41, 5.74) is 0.861. The van der Waals surface area contributed by atoms with E-state index < -0.39 is 5.97 Å². The highest BCUT2D eigenvalue weighted by Gasteiger charge is 2.23.